The minimum atomic E-state index is -0.240. The minimum Gasteiger partial charge on any atom is -0.365 e. The maximum absolute atomic E-state index is 13.2. The SMILES string of the molecule is Cc1cccn2c(=O)c(/C=C3\SC(=S)N(C)C3=O)c(NCc3ccccc3)nc12. The number of nitrogens with zero attached hydrogens (tertiary/aromatic N) is 3. The first-order valence-electron chi connectivity index (χ1n) is 8.97. The van der Waals surface area contributed by atoms with Gasteiger partial charge in [-0.2, -0.15) is 0 Å². The predicted molar refractivity (Wildman–Crippen MR) is 121 cm³/mol. The van der Waals surface area contributed by atoms with Gasteiger partial charge in [-0.3, -0.25) is 18.9 Å². The molecule has 8 heteroatoms. The number of thiocarbonyl (C=S) groups is 1. The summed E-state index contributed by atoms with van der Waals surface area (Å²) in [6.45, 7) is 2.41. The van der Waals surface area contributed by atoms with Crippen LogP contribution in [0.25, 0.3) is 11.7 Å². The molecule has 1 aliphatic rings. The van der Waals surface area contributed by atoms with E-state index < -0.39 is 0 Å². The summed E-state index contributed by atoms with van der Waals surface area (Å²) < 4.78 is 1.96. The zero-order valence-electron chi connectivity index (χ0n) is 15.9. The lowest BCUT2D eigenvalue weighted by atomic mass is 10.2. The molecule has 1 fully saturated rings. The van der Waals surface area contributed by atoms with E-state index >= 15 is 0 Å². The third-order valence-corrected chi connectivity index (χ3v) is 6.13. The van der Waals surface area contributed by atoms with Crippen LogP contribution in [0.1, 0.15) is 16.7 Å². The number of rotatable bonds is 4. The Morgan fingerprint density at radius 2 is 1.93 bits per heavy atom. The predicted octanol–water partition coefficient (Wildman–Crippen LogP) is 3.45. The average Bonchev–Trinajstić information content (AvgIpc) is 2.97. The van der Waals surface area contributed by atoms with Crippen molar-refractivity contribution in [1.29, 1.82) is 0 Å². The second-order valence-electron chi connectivity index (χ2n) is 6.64. The van der Waals surface area contributed by atoms with Gasteiger partial charge in [-0.05, 0) is 30.2 Å². The van der Waals surface area contributed by atoms with Crippen LogP contribution in [0.15, 0.2) is 58.4 Å². The van der Waals surface area contributed by atoms with Crippen LogP contribution in [0.4, 0.5) is 5.82 Å². The summed E-state index contributed by atoms with van der Waals surface area (Å²) in [6, 6.07) is 13.6. The molecule has 0 saturated carbocycles. The lowest BCUT2D eigenvalue weighted by molar-refractivity contribution is -0.121. The summed E-state index contributed by atoms with van der Waals surface area (Å²) in [5, 5.41) is 3.26. The van der Waals surface area contributed by atoms with Crippen molar-refractivity contribution in [3.05, 3.63) is 80.6 Å². The second-order valence-corrected chi connectivity index (χ2v) is 8.32. The molecule has 0 unspecified atom stereocenters. The number of pyridine rings is 1. The van der Waals surface area contributed by atoms with E-state index in [1.807, 2.05) is 43.3 Å². The lowest BCUT2D eigenvalue weighted by Gasteiger charge is -2.12. The highest BCUT2D eigenvalue weighted by atomic mass is 32.2. The van der Waals surface area contributed by atoms with E-state index in [2.05, 4.69) is 5.32 Å². The highest BCUT2D eigenvalue weighted by molar-refractivity contribution is 8.26. The van der Waals surface area contributed by atoms with Crippen LogP contribution in [0.5, 0.6) is 0 Å². The fourth-order valence-corrected chi connectivity index (χ4v) is 4.20. The first-order chi connectivity index (χ1) is 14.0. The van der Waals surface area contributed by atoms with Gasteiger partial charge < -0.3 is 5.32 Å². The quantitative estimate of drug-likeness (QED) is 0.513. The first kappa shape index (κ1) is 19.4. The third-order valence-electron chi connectivity index (χ3n) is 4.65. The molecule has 2 aromatic heterocycles. The van der Waals surface area contributed by atoms with Crippen LogP contribution in [0.2, 0.25) is 0 Å². The van der Waals surface area contributed by atoms with E-state index in [9.17, 15) is 9.59 Å². The molecule has 1 saturated heterocycles. The van der Waals surface area contributed by atoms with E-state index in [1.165, 1.54) is 21.1 Å². The largest absolute Gasteiger partial charge is 0.365 e. The standard InChI is InChI=1S/C21H18N4O2S2/c1-13-7-6-10-25-18(13)23-17(22-12-14-8-4-3-5-9-14)15(19(25)26)11-16-20(27)24(2)21(28)29-16/h3-11,22H,12H2,1-2H3/b16-11-. The molecule has 3 heterocycles. The van der Waals surface area contributed by atoms with Crippen LogP contribution in [0, 0.1) is 6.92 Å². The van der Waals surface area contributed by atoms with Gasteiger partial charge in [0.2, 0.25) is 0 Å². The van der Waals surface area contributed by atoms with Crippen molar-refractivity contribution in [3.8, 4) is 0 Å². The van der Waals surface area contributed by atoms with Crippen molar-refractivity contribution in [2.75, 3.05) is 12.4 Å². The van der Waals surface area contributed by atoms with Crippen molar-refractivity contribution in [3.63, 3.8) is 0 Å². The molecule has 1 aliphatic heterocycles. The summed E-state index contributed by atoms with van der Waals surface area (Å²) in [5.74, 6) is 0.220. The normalized spacial score (nSPS) is 15.5. The van der Waals surface area contributed by atoms with Crippen molar-refractivity contribution in [2.45, 2.75) is 13.5 Å². The first-order valence-corrected chi connectivity index (χ1v) is 10.2. The van der Waals surface area contributed by atoms with E-state index in [0.29, 0.717) is 32.8 Å². The molecule has 4 rings (SSSR count). The number of hydrogen-bond acceptors (Lipinski definition) is 6. The van der Waals surface area contributed by atoms with Crippen LogP contribution in [0.3, 0.4) is 0 Å². The molecule has 0 atom stereocenters. The van der Waals surface area contributed by atoms with Gasteiger partial charge in [-0.15, -0.1) is 0 Å². The maximum Gasteiger partial charge on any atom is 0.267 e. The highest BCUT2D eigenvalue weighted by Gasteiger charge is 2.29. The zero-order valence-corrected chi connectivity index (χ0v) is 17.5. The molecular weight excluding hydrogens is 404 g/mol. The molecule has 146 valence electrons. The Hall–Kier alpha value is -2.97. The van der Waals surface area contributed by atoms with Gasteiger partial charge >= 0.3 is 0 Å². The fraction of sp³-hybridized carbons (Fsp3) is 0.143. The van der Waals surface area contributed by atoms with Gasteiger partial charge in [0.05, 0.1) is 10.5 Å². The number of carbonyl (C=O) groups excluding carboxylic acids is 1. The number of hydrogen-bond donors (Lipinski definition) is 1. The summed E-state index contributed by atoms with van der Waals surface area (Å²) in [6.07, 6.45) is 3.27. The molecule has 1 amide bonds. The summed E-state index contributed by atoms with van der Waals surface area (Å²) in [5.41, 5.74) is 2.62. The van der Waals surface area contributed by atoms with Gasteiger partial charge in [-0.1, -0.05) is 60.4 Å². The van der Waals surface area contributed by atoms with Crippen molar-refractivity contribution in [1.82, 2.24) is 14.3 Å². The fourth-order valence-electron chi connectivity index (χ4n) is 3.03. The number of benzene rings is 1. The number of fused-ring (bicyclic) bond motifs is 1. The van der Waals surface area contributed by atoms with Crippen LogP contribution in [-0.2, 0) is 11.3 Å². The molecule has 1 aromatic carbocycles. The van der Waals surface area contributed by atoms with Crippen molar-refractivity contribution >= 4 is 51.7 Å². The number of nitrogens with one attached hydrogen (secondary N) is 1. The molecule has 3 aromatic rings. The Kier molecular flexibility index (Phi) is 5.21. The monoisotopic (exact) mass is 422 g/mol. The van der Waals surface area contributed by atoms with Crippen LogP contribution >= 0.6 is 24.0 Å². The summed E-state index contributed by atoms with van der Waals surface area (Å²) in [4.78, 5) is 32.2. The Bertz CT molecular complexity index is 1220. The number of anilines is 1. The average molecular weight is 423 g/mol. The number of amides is 1. The van der Waals surface area contributed by atoms with Gasteiger partial charge in [0.1, 0.15) is 15.8 Å². The summed E-state index contributed by atoms with van der Waals surface area (Å²) >= 11 is 6.38. The molecule has 0 spiro atoms. The van der Waals surface area contributed by atoms with Gasteiger partial charge in [0, 0.05) is 19.8 Å². The number of aromatic nitrogens is 2. The number of likely N-dealkylation sites (N-methyl/N-ethyl adjacent to an activating group) is 1. The third kappa shape index (κ3) is 3.68. The van der Waals surface area contributed by atoms with E-state index in [-0.39, 0.29) is 11.5 Å². The molecule has 0 bridgehead atoms. The number of carbonyl (C=O) groups is 1. The number of thioether (sulfide) groups is 1. The Labute approximate surface area is 177 Å². The minimum absolute atomic E-state index is 0.220. The van der Waals surface area contributed by atoms with E-state index in [4.69, 9.17) is 17.2 Å². The molecule has 0 aliphatic carbocycles. The van der Waals surface area contributed by atoms with Crippen molar-refractivity contribution in [2.24, 2.45) is 0 Å². The van der Waals surface area contributed by atoms with E-state index in [0.717, 1.165) is 11.1 Å². The molecule has 29 heavy (non-hydrogen) atoms. The maximum atomic E-state index is 13.2. The molecule has 6 nitrogen and oxygen atoms in total. The van der Waals surface area contributed by atoms with Crippen LogP contribution in [-0.4, -0.2) is 31.6 Å². The molecule has 0 radical (unpaired) electrons. The van der Waals surface area contributed by atoms with E-state index in [1.54, 1.807) is 25.4 Å². The molecular formula is C21H18N4O2S2. The topological polar surface area (TPSA) is 66.7 Å². The highest BCUT2D eigenvalue weighted by Crippen LogP contribution is 2.32. The zero-order chi connectivity index (χ0) is 20.5. The second kappa shape index (κ2) is 7.81. The van der Waals surface area contributed by atoms with Crippen molar-refractivity contribution < 1.29 is 4.79 Å². The summed E-state index contributed by atoms with van der Waals surface area (Å²) in [7, 11) is 1.63. The Morgan fingerprint density at radius 1 is 1.17 bits per heavy atom. The Morgan fingerprint density at radius 3 is 2.62 bits per heavy atom. The van der Waals surface area contributed by atoms with Crippen LogP contribution < -0.4 is 10.9 Å². The van der Waals surface area contributed by atoms with Gasteiger partial charge in [0.25, 0.3) is 11.5 Å². The molecule has 1 N–H and O–H groups in total. The number of aryl methyl sites for hydroxylation is 1. The van der Waals surface area contributed by atoms with Gasteiger partial charge in [0.15, 0.2) is 0 Å². The smallest absolute Gasteiger partial charge is 0.267 e. The lowest BCUT2D eigenvalue weighted by Crippen LogP contribution is -2.23. The van der Waals surface area contributed by atoms with Gasteiger partial charge in [-0.25, -0.2) is 4.98 Å². The Balaban J connectivity index is 1.84.